The predicted octanol–water partition coefficient (Wildman–Crippen LogP) is 4.16. The fraction of sp³-hybridized carbons (Fsp3) is 0.435. The number of carboxylic acid groups (broad SMARTS) is 1. The highest BCUT2D eigenvalue weighted by Crippen LogP contribution is 2.42. The normalized spacial score (nSPS) is 18.1. The Kier molecular flexibility index (Phi) is 5.49. The fourth-order valence-electron chi connectivity index (χ4n) is 4.93. The molecule has 178 valence electrons. The Morgan fingerprint density at radius 3 is 2.44 bits per heavy atom. The van der Waals surface area contributed by atoms with Crippen LogP contribution in [-0.4, -0.2) is 68.4 Å². The van der Waals surface area contributed by atoms with Gasteiger partial charge in [-0.1, -0.05) is 0 Å². The lowest BCUT2D eigenvalue weighted by Gasteiger charge is -2.40. The first-order valence-corrected chi connectivity index (χ1v) is 11.1. The van der Waals surface area contributed by atoms with Crippen LogP contribution in [0.1, 0.15) is 25.0 Å². The van der Waals surface area contributed by atoms with E-state index in [1.165, 1.54) is 17.2 Å². The molecular weight excluding hydrogens is 449 g/mol. The van der Waals surface area contributed by atoms with E-state index < -0.39 is 18.7 Å². The maximum atomic E-state index is 13.0. The molecule has 1 N–H and O–H groups in total. The minimum atomic E-state index is -4.37. The summed E-state index contributed by atoms with van der Waals surface area (Å²) in [6.07, 6.45) is 0.642. The van der Waals surface area contributed by atoms with Crippen LogP contribution in [0, 0.1) is 5.41 Å². The molecule has 2 aliphatic heterocycles. The summed E-state index contributed by atoms with van der Waals surface area (Å²) in [5.41, 5.74) is 1.08. The van der Waals surface area contributed by atoms with Crippen molar-refractivity contribution in [2.45, 2.75) is 31.9 Å². The lowest BCUT2D eigenvalue weighted by Crippen LogP contribution is -2.42. The van der Waals surface area contributed by atoms with E-state index in [1.54, 1.807) is 24.5 Å². The van der Waals surface area contributed by atoms with Gasteiger partial charge in [0.2, 0.25) is 0 Å². The molecule has 34 heavy (non-hydrogen) atoms. The highest BCUT2D eigenvalue weighted by atomic mass is 19.4. The first-order chi connectivity index (χ1) is 16.2. The topological polar surface area (TPSA) is 95.3 Å². The third-order valence-electron chi connectivity index (χ3n) is 6.77. The van der Waals surface area contributed by atoms with Gasteiger partial charge in [-0.25, -0.2) is 14.8 Å². The Morgan fingerprint density at radius 1 is 1.09 bits per heavy atom. The standard InChI is InChI=1S/C23H23F3N6O2/c24-23(25,26)12-16-11-17-18(13-28-16)29-19(15-1-6-27-7-2-15)30-20(17)31-8-3-22(4-9-31)5-10-32(14-22)21(33)34/h1-2,6-7,11,13H,3-5,8-10,12,14H2,(H,33,34). The third-order valence-corrected chi connectivity index (χ3v) is 6.77. The van der Waals surface area contributed by atoms with Crippen molar-refractivity contribution in [3.8, 4) is 11.4 Å². The van der Waals surface area contributed by atoms with Crippen molar-refractivity contribution in [2.75, 3.05) is 31.1 Å². The molecule has 11 heteroatoms. The summed E-state index contributed by atoms with van der Waals surface area (Å²) in [6.45, 7) is 2.31. The minimum absolute atomic E-state index is 0.0609. The molecule has 5 rings (SSSR count). The molecule has 2 fully saturated rings. The van der Waals surface area contributed by atoms with Crippen molar-refractivity contribution in [3.05, 3.63) is 42.5 Å². The van der Waals surface area contributed by atoms with Crippen LogP contribution in [0.2, 0.25) is 0 Å². The second-order valence-electron chi connectivity index (χ2n) is 9.03. The second kappa shape index (κ2) is 8.37. The van der Waals surface area contributed by atoms with Crippen molar-refractivity contribution < 1.29 is 23.1 Å². The maximum Gasteiger partial charge on any atom is 0.407 e. The molecule has 1 amide bonds. The van der Waals surface area contributed by atoms with Gasteiger partial charge >= 0.3 is 12.3 Å². The zero-order chi connectivity index (χ0) is 23.9. The number of alkyl halides is 3. The van der Waals surface area contributed by atoms with Gasteiger partial charge in [-0.05, 0) is 42.9 Å². The van der Waals surface area contributed by atoms with E-state index >= 15 is 0 Å². The lowest BCUT2D eigenvalue weighted by molar-refractivity contribution is -0.127. The average molecular weight is 472 g/mol. The Labute approximate surface area is 193 Å². The van der Waals surface area contributed by atoms with Crippen LogP contribution in [-0.2, 0) is 6.42 Å². The molecular formula is C23H23F3N6O2. The van der Waals surface area contributed by atoms with Crippen molar-refractivity contribution in [3.63, 3.8) is 0 Å². The van der Waals surface area contributed by atoms with Crippen molar-refractivity contribution in [2.24, 2.45) is 5.41 Å². The van der Waals surface area contributed by atoms with E-state index in [0.29, 0.717) is 48.7 Å². The quantitative estimate of drug-likeness (QED) is 0.612. The van der Waals surface area contributed by atoms with Gasteiger partial charge < -0.3 is 14.9 Å². The van der Waals surface area contributed by atoms with Gasteiger partial charge in [0.1, 0.15) is 5.82 Å². The van der Waals surface area contributed by atoms with Gasteiger partial charge in [0.25, 0.3) is 0 Å². The summed E-state index contributed by atoms with van der Waals surface area (Å²) in [4.78, 5) is 32.2. The van der Waals surface area contributed by atoms with Gasteiger partial charge in [0.05, 0.1) is 23.8 Å². The molecule has 0 saturated carbocycles. The van der Waals surface area contributed by atoms with Crippen LogP contribution >= 0.6 is 0 Å². The molecule has 0 unspecified atom stereocenters. The fourth-order valence-corrected chi connectivity index (χ4v) is 4.93. The second-order valence-corrected chi connectivity index (χ2v) is 9.03. The molecule has 0 bridgehead atoms. The van der Waals surface area contributed by atoms with Gasteiger partial charge in [-0.3, -0.25) is 9.97 Å². The van der Waals surface area contributed by atoms with E-state index in [2.05, 4.69) is 19.9 Å². The number of anilines is 1. The SMILES string of the molecule is O=C(O)N1CCC2(CCN(c3nc(-c4ccncc4)nc4cnc(CC(F)(F)F)cc34)CC2)C1. The molecule has 0 aliphatic carbocycles. The van der Waals surface area contributed by atoms with Crippen LogP contribution in [0.25, 0.3) is 22.3 Å². The zero-order valence-electron chi connectivity index (χ0n) is 18.3. The first-order valence-electron chi connectivity index (χ1n) is 11.1. The average Bonchev–Trinajstić information content (AvgIpc) is 3.22. The molecule has 5 heterocycles. The number of piperidine rings is 1. The summed E-state index contributed by atoms with van der Waals surface area (Å²) in [5.74, 6) is 1.03. The van der Waals surface area contributed by atoms with E-state index in [9.17, 15) is 23.1 Å². The number of pyridine rings is 2. The number of fused-ring (bicyclic) bond motifs is 1. The van der Waals surface area contributed by atoms with E-state index in [0.717, 1.165) is 24.8 Å². The van der Waals surface area contributed by atoms with E-state index in [-0.39, 0.29) is 11.1 Å². The van der Waals surface area contributed by atoms with Gasteiger partial charge in [-0.15, -0.1) is 0 Å². The van der Waals surface area contributed by atoms with E-state index in [4.69, 9.17) is 4.98 Å². The molecule has 0 atom stereocenters. The monoisotopic (exact) mass is 472 g/mol. The summed E-state index contributed by atoms with van der Waals surface area (Å²) < 4.78 is 39.0. The number of aromatic nitrogens is 4. The number of likely N-dealkylation sites (tertiary alicyclic amines) is 1. The highest BCUT2D eigenvalue weighted by Gasteiger charge is 2.42. The predicted molar refractivity (Wildman–Crippen MR) is 118 cm³/mol. The summed E-state index contributed by atoms with van der Waals surface area (Å²) in [7, 11) is 0. The molecule has 8 nitrogen and oxygen atoms in total. The number of hydrogen-bond acceptors (Lipinski definition) is 6. The van der Waals surface area contributed by atoms with Crippen LogP contribution < -0.4 is 4.90 Å². The largest absolute Gasteiger partial charge is 0.465 e. The van der Waals surface area contributed by atoms with Crippen molar-refractivity contribution in [1.82, 2.24) is 24.8 Å². The Hall–Kier alpha value is -3.50. The lowest BCUT2D eigenvalue weighted by atomic mass is 9.78. The van der Waals surface area contributed by atoms with E-state index in [1.807, 2.05) is 0 Å². The molecule has 1 spiro atoms. The number of carbonyl (C=O) groups is 1. The van der Waals surface area contributed by atoms with Crippen LogP contribution in [0.4, 0.5) is 23.8 Å². The number of rotatable bonds is 3. The number of halogens is 3. The molecule has 3 aromatic rings. The summed E-state index contributed by atoms with van der Waals surface area (Å²) >= 11 is 0. The Bertz CT molecular complexity index is 1210. The zero-order valence-corrected chi connectivity index (χ0v) is 18.3. The van der Waals surface area contributed by atoms with Crippen LogP contribution in [0.15, 0.2) is 36.8 Å². The summed E-state index contributed by atoms with van der Waals surface area (Å²) in [6, 6.07) is 4.99. The van der Waals surface area contributed by atoms with Gasteiger partial charge in [-0.2, -0.15) is 13.2 Å². The maximum absolute atomic E-state index is 13.0. The third kappa shape index (κ3) is 4.46. The van der Waals surface area contributed by atoms with Crippen LogP contribution in [0.3, 0.4) is 0 Å². The van der Waals surface area contributed by atoms with Gasteiger partial charge in [0, 0.05) is 49.5 Å². The Balaban J connectivity index is 1.50. The van der Waals surface area contributed by atoms with Crippen molar-refractivity contribution >= 4 is 22.8 Å². The van der Waals surface area contributed by atoms with Crippen LogP contribution in [0.5, 0.6) is 0 Å². The molecule has 3 aromatic heterocycles. The molecule has 2 saturated heterocycles. The smallest absolute Gasteiger partial charge is 0.407 e. The first kappa shape index (κ1) is 22.3. The van der Waals surface area contributed by atoms with Crippen molar-refractivity contribution in [1.29, 1.82) is 0 Å². The number of nitrogens with zero attached hydrogens (tertiary/aromatic N) is 6. The number of hydrogen-bond donors (Lipinski definition) is 1. The molecule has 0 aromatic carbocycles. The number of amides is 1. The Morgan fingerprint density at radius 2 is 1.79 bits per heavy atom. The molecule has 2 aliphatic rings. The van der Waals surface area contributed by atoms with Gasteiger partial charge in [0.15, 0.2) is 5.82 Å². The highest BCUT2D eigenvalue weighted by molar-refractivity contribution is 5.91. The summed E-state index contributed by atoms with van der Waals surface area (Å²) in [5, 5.41) is 9.86. The molecule has 0 radical (unpaired) electrons. The minimum Gasteiger partial charge on any atom is -0.465 e.